The fourth-order valence-corrected chi connectivity index (χ4v) is 3.21. The van der Waals surface area contributed by atoms with E-state index in [9.17, 15) is 19.7 Å². The van der Waals surface area contributed by atoms with Crippen LogP contribution in [0.4, 0.5) is 4.39 Å². The second-order valence-corrected chi connectivity index (χ2v) is 6.68. The maximum Gasteiger partial charge on any atom is 0.0945 e. The highest BCUT2D eigenvalue weighted by atomic mass is 19.1. The van der Waals surface area contributed by atoms with Crippen LogP contribution in [0.25, 0.3) is 0 Å². The van der Waals surface area contributed by atoms with Gasteiger partial charge in [0.2, 0.25) is 0 Å². The molecule has 1 saturated carbocycles. The van der Waals surface area contributed by atoms with Crippen LogP contribution in [0.15, 0.2) is 0 Å². The van der Waals surface area contributed by atoms with Gasteiger partial charge in [0.25, 0.3) is 0 Å². The summed E-state index contributed by atoms with van der Waals surface area (Å²) in [6.45, 7) is 4.55. The zero-order chi connectivity index (χ0) is 15.8. The predicted molar refractivity (Wildman–Crippen MR) is 81.9 cm³/mol. The van der Waals surface area contributed by atoms with E-state index in [2.05, 4.69) is 4.90 Å². The van der Waals surface area contributed by atoms with Gasteiger partial charge in [0, 0.05) is 19.1 Å². The van der Waals surface area contributed by atoms with Crippen molar-refractivity contribution in [2.75, 3.05) is 19.7 Å². The number of rotatable bonds is 3. The molecular formula is C16H32FNO3. The third-order valence-electron chi connectivity index (χ3n) is 4.32. The van der Waals surface area contributed by atoms with Crippen LogP contribution in [0.2, 0.25) is 0 Å². The Kier molecular flexibility index (Phi) is 8.71. The molecule has 1 aliphatic heterocycles. The molecule has 126 valence electrons. The normalized spacial score (nSPS) is 31.9. The Morgan fingerprint density at radius 1 is 1.10 bits per heavy atom. The van der Waals surface area contributed by atoms with Crippen molar-refractivity contribution in [2.45, 2.75) is 76.8 Å². The van der Waals surface area contributed by atoms with E-state index < -0.39 is 18.4 Å². The van der Waals surface area contributed by atoms with Gasteiger partial charge in [-0.15, -0.1) is 0 Å². The lowest BCUT2D eigenvalue weighted by molar-refractivity contribution is -0.0756. The maximum atomic E-state index is 11.0. The van der Waals surface area contributed by atoms with Gasteiger partial charge in [-0.25, -0.2) is 4.39 Å². The van der Waals surface area contributed by atoms with Crippen LogP contribution in [0.1, 0.15) is 52.4 Å². The molecule has 1 unspecified atom stereocenters. The summed E-state index contributed by atoms with van der Waals surface area (Å²) >= 11 is 0. The Morgan fingerprint density at radius 2 is 1.67 bits per heavy atom. The minimum absolute atomic E-state index is 0.0235. The van der Waals surface area contributed by atoms with Gasteiger partial charge in [0.1, 0.15) is 0 Å². The molecule has 0 radical (unpaired) electrons. The summed E-state index contributed by atoms with van der Waals surface area (Å²) in [5.41, 5.74) is 0. The first-order chi connectivity index (χ1) is 9.93. The molecule has 0 aromatic carbocycles. The Labute approximate surface area is 128 Å². The zero-order valence-corrected chi connectivity index (χ0v) is 13.4. The van der Waals surface area contributed by atoms with Crippen molar-refractivity contribution in [2.24, 2.45) is 5.92 Å². The number of nitrogens with zero attached hydrogens (tertiary/aromatic N) is 1. The van der Waals surface area contributed by atoms with Crippen molar-refractivity contribution in [3.8, 4) is 0 Å². The Hall–Kier alpha value is -0.230. The third kappa shape index (κ3) is 7.04. The average molecular weight is 305 g/mol. The molecule has 2 aliphatic rings. The van der Waals surface area contributed by atoms with Gasteiger partial charge in [-0.05, 0) is 39.0 Å². The lowest BCUT2D eigenvalue weighted by Crippen LogP contribution is -2.54. The summed E-state index contributed by atoms with van der Waals surface area (Å²) in [5, 5.41) is 28.7. The van der Waals surface area contributed by atoms with Gasteiger partial charge in [0.15, 0.2) is 0 Å². The molecule has 3 N–H and O–H groups in total. The first-order valence-electron chi connectivity index (χ1n) is 8.29. The smallest absolute Gasteiger partial charge is 0.0945 e. The molecule has 5 heteroatoms. The molecule has 0 aromatic rings. The number of aliphatic hydroxyl groups is 3. The average Bonchev–Trinajstić information content (AvgIpc) is 2.43. The number of halogens is 1. The number of piperidine rings is 1. The summed E-state index contributed by atoms with van der Waals surface area (Å²) in [6.07, 6.45) is 5.02. The van der Waals surface area contributed by atoms with E-state index in [-0.39, 0.29) is 12.6 Å². The van der Waals surface area contributed by atoms with Gasteiger partial charge in [0.05, 0.1) is 25.0 Å². The van der Waals surface area contributed by atoms with E-state index in [0.717, 1.165) is 6.54 Å². The highest BCUT2D eigenvalue weighted by molar-refractivity contribution is 4.88. The fourth-order valence-electron chi connectivity index (χ4n) is 3.21. The Balaban J connectivity index is 0.000000491. The van der Waals surface area contributed by atoms with Crippen molar-refractivity contribution in [1.82, 2.24) is 4.90 Å². The van der Waals surface area contributed by atoms with E-state index in [0.29, 0.717) is 18.9 Å². The molecule has 0 amide bonds. The summed E-state index contributed by atoms with van der Waals surface area (Å²) in [7, 11) is 0. The van der Waals surface area contributed by atoms with Gasteiger partial charge in [-0.1, -0.05) is 19.3 Å². The monoisotopic (exact) mass is 305 g/mol. The van der Waals surface area contributed by atoms with Crippen molar-refractivity contribution >= 4 is 0 Å². The highest BCUT2D eigenvalue weighted by Gasteiger charge is 2.34. The van der Waals surface area contributed by atoms with E-state index in [1.54, 1.807) is 0 Å². The zero-order valence-electron chi connectivity index (χ0n) is 13.4. The lowest BCUT2D eigenvalue weighted by Gasteiger charge is -2.41. The van der Waals surface area contributed by atoms with Crippen LogP contribution >= 0.6 is 0 Å². The Bertz CT molecular complexity index is 269. The predicted octanol–water partition coefficient (Wildman–Crippen LogP) is 1.72. The van der Waals surface area contributed by atoms with Crippen LogP contribution in [0.5, 0.6) is 0 Å². The fraction of sp³-hybridized carbons (Fsp3) is 1.00. The summed E-state index contributed by atoms with van der Waals surface area (Å²) in [6, 6.07) is 0.0235. The summed E-state index contributed by atoms with van der Waals surface area (Å²) in [5.74, 6) is 0.709. The number of β-amino-alcohol motifs (C(OH)–C–C–N with tert-alkyl or cyclic N) is 1. The second-order valence-electron chi connectivity index (χ2n) is 6.68. The van der Waals surface area contributed by atoms with Crippen molar-refractivity contribution < 1.29 is 19.7 Å². The van der Waals surface area contributed by atoms with Gasteiger partial charge < -0.3 is 15.3 Å². The molecule has 21 heavy (non-hydrogen) atoms. The quantitative estimate of drug-likeness (QED) is 0.743. The highest BCUT2D eigenvalue weighted by Crippen LogP contribution is 2.27. The number of hydrogen-bond acceptors (Lipinski definition) is 4. The van der Waals surface area contributed by atoms with Crippen molar-refractivity contribution in [1.29, 1.82) is 0 Å². The number of hydrogen-bond donors (Lipinski definition) is 3. The van der Waals surface area contributed by atoms with Crippen LogP contribution in [0, 0.1) is 5.92 Å². The first kappa shape index (κ1) is 18.8. The third-order valence-corrected chi connectivity index (χ3v) is 4.32. The van der Waals surface area contributed by atoms with E-state index in [4.69, 9.17) is 0 Å². The topological polar surface area (TPSA) is 63.9 Å². The number of aliphatic hydroxyl groups excluding tert-OH is 3. The molecular weight excluding hydrogens is 273 g/mol. The standard InChI is InChI=1S/C13H25NO3.C3H7F/c15-9-11-6-12(16)13(17)8-14(11)7-10-4-2-1-3-5-10;1-3(2)4/h10-13,15-17H,1-9H2;3H,1-2H3/t11-,12?,13+;/m1./s1. The van der Waals surface area contributed by atoms with Crippen molar-refractivity contribution in [3.63, 3.8) is 0 Å². The molecule has 1 saturated heterocycles. The molecule has 3 atom stereocenters. The van der Waals surface area contributed by atoms with E-state index >= 15 is 0 Å². The molecule has 1 aliphatic carbocycles. The van der Waals surface area contributed by atoms with Crippen LogP contribution in [-0.4, -0.2) is 64.3 Å². The molecule has 2 fully saturated rings. The minimum Gasteiger partial charge on any atom is -0.395 e. The van der Waals surface area contributed by atoms with Gasteiger partial charge >= 0.3 is 0 Å². The number of alkyl halides is 1. The van der Waals surface area contributed by atoms with Gasteiger partial charge in [-0.2, -0.15) is 0 Å². The van der Waals surface area contributed by atoms with Crippen LogP contribution in [0.3, 0.4) is 0 Å². The van der Waals surface area contributed by atoms with Crippen LogP contribution in [-0.2, 0) is 0 Å². The second kappa shape index (κ2) is 9.72. The van der Waals surface area contributed by atoms with E-state index in [1.807, 2.05) is 0 Å². The maximum absolute atomic E-state index is 11.0. The van der Waals surface area contributed by atoms with Gasteiger partial charge in [-0.3, -0.25) is 4.90 Å². The lowest BCUT2D eigenvalue weighted by atomic mass is 9.87. The summed E-state index contributed by atoms with van der Waals surface area (Å²) < 4.78 is 11.0. The van der Waals surface area contributed by atoms with E-state index in [1.165, 1.54) is 46.0 Å². The number of likely N-dealkylation sites (tertiary alicyclic amines) is 1. The summed E-state index contributed by atoms with van der Waals surface area (Å²) in [4.78, 5) is 2.17. The first-order valence-corrected chi connectivity index (χ1v) is 8.29. The molecule has 0 bridgehead atoms. The Morgan fingerprint density at radius 3 is 2.19 bits per heavy atom. The molecule has 0 aromatic heterocycles. The molecule has 0 spiro atoms. The minimum atomic E-state index is -0.672. The van der Waals surface area contributed by atoms with Crippen LogP contribution < -0.4 is 0 Å². The largest absolute Gasteiger partial charge is 0.395 e. The molecule has 1 heterocycles. The molecule has 4 nitrogen and oxygen atoms in total. The molecule has 2 rings (SSSR count). The van der Waals surface area contributed by atoms with Crippen molar-refractivity contribution in [3.05, 3.63) is 0 Å². The SMILES string of the molecule is CC(C)F.OC[C@H]1CC(O)[C@@H](O)CN1CC1CCCCC1.